The first-order valence-electron chi connectivity index (χ1n) is 9.08. The Morgan fingerprint density at radius 3 is 2.26 bits per heavy atom. The number of para-hydroxylation sites is 2. The fraction of sp³-hybridized carbons (Fsp3) is 0.364. The van der Waals surface area contributed by atoms with Crippen LogP contribution >= 0.6 is 0 Å². The summed E-state index contributed by atoms with van der Waals surface area (Å²) in [5, 5.41) is 0. The minimum atomic E-state index is -0.715. The standard InChI is InChI=1S/C22H26N2O3/c1-22(2,3)16-12-10-15(11-13-16)20(25)24-14-19(21(26)23(4)5)27-18-9-7-6-8-17(18)24/h6-13,19H,14H2,1-5H3/t19-/m1/s1. The first kappa shape index (κ1) is 19.0. The van der Waals surface area contributed by atoms with Gasteiger partial charge in [-0.2, -0.15) is 0 Å². The number of amides is 2. The maximum Gasteiger partial charge on any atom is 0.265 e. The van der Waals surface area contributed by atoms with Crippen LogP contribution in [0, 0.1) is 0 Å². The zero-order valence-electron chi connectivity index (χ0n) is 16.5. The molecule has 0 N–H and O–H groups in total. The summed E-state index contributed by atoms with van der Waals surface area (Å²) >= 11 is 0. The molecule has 0 saturated carbocycles. The number of carbonyl (C=O) groups is 2. The molecular formula is C22H26N2O3. The highest BCUT2D eigenvalue weighted by molar-refractivity contribution is 6.07. The second-order valence-electron chi connectivity index (χ2n) is 8.05. The molecule has 1 aliphatic heterocycles. The van der Waals surface area contributed by atoms with Gasteiger partial charge in [-0.3, -0.25) is 9.59 Å². The average Bonchev–Trinajstić information content (AvgIpc) is 2.65. The van der Waals surface area contributed by atoms with Crippen LogP contribution in [0.5, 0.6) is 5.75 Å². The van der Waals surface area contributed by atoms with E-state index in [-0.39, 0.29) is 23.8 Å². The molecule has 2 amide bonds. The van der Waals surface area contributed by atoms with E-state index in [2.05, 4.69) is 20.8 Å². The molecule has 5 heteroatoms. The minimum Gasteiger partial charge on any atom is -0.476 e. The summed E-state index contributed by atoms with van der Waals surface area (Å²) in [6.07, 6.45) is -0.715. The fourth-order valence-electron chi connectivity index (χ4n) is 3.11. The van der Waals surface area contributed by atoms with Gasteiger partial charge in [0.2, 0.25) is 0 Å². The normalized spacial score (nSPS) is 16.3. The molecule has 2 aromatic rings. The van der Waals surface area contributed by atoms with Gasteiger partial charge in [-0.25, -0.2) is 0 Å². The Hall–Kier alpha value is -2.82. The first-order chi connectivity index (χ1) is 12.7. The summed E-state index contributed by atoms with van der Waals surface area (Å²) in [6.45, 7) is 6.60. The highest BCUT2D eigenvalue weighted by Gasteiger charge is 2.34. The quantitative estimate of drug-likeness (QED) is 0.818. The van der Waals surface area contributed by atoms with Gasteiger partial charge in [0.15, 0.2) is 6.10 Å². The molecule has 1 atom stereocenters. The zero-order valence-corrected chi connectivity index (χ0v) is 16.5. The number of anilines is 1. The second kappa shape index (κ2) is 7.06. The van der Waals surface area contributed by atoms with Gasteiger partial charge in [0.05, 0.1) is 12.2 Å². The molecule has 0 aliphatic carbocycles. The third-order valence-electron chi connectivity index (χ3n) is 4.73. The minimum absolute atomic E-state index is 0.0242. The predicted octanol–water partition coefficient (Wildman–Crippen LogP) is 3.48. The van der Waals surface area contributed by atoms with Crippen LogP contribution < -0.4 is 9.64 Å². The van der Waals surface area contributed by atoms with Crippen LogP contribution in [0.1, 0.15) is 36.7 Å². The lowest BCUT2D eigenvalue weighted by Crippen LogP contribution is -2.50. The summed E-state index contributed by atoms with van der Waals surface area (Å²) in [5.41, 5.74) is 2.47. The van der Waals surface area contributed by atoms with E-state index < -0.39 is 6.10 Å². The van der Waals surface area contributed by atoms with Gasteiger partial charge in [-0.05, 0) is 35.2 Å². The van der Waals surface area contributed by atoms with E-state index in [4.69, 9.17) is 4.74 Å². The molecule has 0 unspecified atom stereocenters. The van der Waals surface area contributed by atoms with E-state index in [0.717, 1.165) is 0 Å². The van der Waals surface area contributed by atoms with Crippen molar-refractivity contribution in [2.75, 3.05) is 25.5 Å². The van der Waals surface area contributed by atoms with Gasteiger partial charge in [0.25, 0.3) is 11.8 Å². The van der Waals surface area contributed by atoms with Crippen molar-refractivity contribution in [2.24, 2.45) is 0 Å². The van der Waals surface area contributed by atoms with Crippen molar-refractivity contribution in [1.82, 2.24) is 4.90 Å². The third-order valence-corrected chi connectivity index (χ3v) is 4.73. The number of likely N-dealkylation sites (N-methyl/N-ethyl adjacent to an activating group) is 1. The van der Waals surface area contributed by atoms with Crippen molar-refractivity contribution in [2.45, 2.75) is 32.3 Å². The molecule has 0 fully saturated rings. The second-order valence-corrected chi connectivity index (χ2v) is 8.05. The summed E-state index contributed by atoms with van der Waals surface area (Å²) < 4.78 is 5.85. The van der Waals surface area contributed by atoms with Crippen LogP contribution in [0.4, 0.5) is 5.69 Å². The molecule has 0 bridgehead atoms. The summed E-state index contributed by atoms with van der Waals surface area (Å²) in [4.78, 5) is 28.8. The highest BCUT2D eigenvalue weighted by Crippen LogP contribution is 2.34. The van der Waals surface area contributed by atoms with Gasteiger partial charge in [-0.15, -0.1) is 0 Å². The third kappa shape index (κ3) is 3.82. The maximum absolute atomic E-state index is 13.2. The maximum atomic E-state index is 13.2. The van der Waals surface area contributed by atoms with Crippen LogP contribution in [0.2, 0.25) is 0 Å². The van der Waals surface area contributed by atoms with Crippen LogP contribution in [0.15, 0.2) is 48.5 Å². The van der Waals surface area contributed by atoms with Gasteiger partial charge in [0.1, 0.15) is 5.75 Å². The van der Waals surface area contributed by atoms with Crippen molar-refractivity contribution in [3.63, 3.8) is 0 Å². The highest BCUT2D eigenvalue weighted by atomic mass is 16.5. The lowest BCUT2D eigenvalue weighted by atomic mass is 9.86. The molecule has 0 saturated heterocycles. The van der Waals surface area contributed by atoms with Crippen molar-refractivity contribution in [3.05, 3.63) is 59.7 Å². The number of hydrogen-bond acceptors (Lipinski definition) is 3. The van der Waals surface area contributed by atoms with E-state index >= 15 is 0 Å². The molecule has 1 aliphatic rings. The Labute approximate surface area is 160 Å². The number of carbonyl (C=O) groups excluding carboxylic acids is 2. The molecule has 0 spiro atoms. The number of hydrogen-bond donors (Lipinski definition) is 0. The van der Waals surface area contributed by atoms with Crippen LogP contribution in [0.3, 0.4) is 0 Å². The van der Waals surface area contributed by atoms with Crippen LogP contribution in [-0.4, -0.2) is 43.5 Å². The summed E-state index contributed by atoms with van der Waals surface area (Å²) in [6, 6.07) is 15.0. The van der Waals surface area contributed by atoms with Crippen molar-refractivity contribution in [1.29, 1.82) is 0 Å². The van der Waals surface area contributed by atoms with Gasteiger partial charge < -0.3 is 14.5 Å². The zero-order chi connectivity index (χ0) is 19.8. The van der Waals surface area contributed by atoms with Crippen molar-refractivity contribution in [3.8, 4) is 5.75 Å². The Morgan fingerprint density at radius 2 is 1.67 bits per heavy atom. The lowest BCUT2D eigenvalue weighted by Gasteiger charge is -2.35. The first-order valence-corrected chi connectivity index (χ1v) is 9.08. The Kier molecular flexibility index (Phi) is 4.96. The van der Waals surface area contributed by atoms with Gasteiger partial charge in [0, 0.05) is 19.7 Å². The topological polar surface area (TPSA) is 49.9 Å². The van der Waals surface area contributed by atoms with Crippen LogP contribution in [-0.2, 0) is 10.2 Å². The Balaban J connectivity index is 1.94. The lowest BCUT2D eigenvalue weighted by molar-refractivity contribution is -0.135. The molecule has 2 aromatic carbocycles. The number of ether oxygens (including phenoxy) is 1. The molecule has 3 rings (SSSR count). The van der Waals surface area contributed by atoms with E-state index in [1.165, 1.54) is 10.5 Å². The van der Waals surface area contributed by atoms with Crippen LogP contribution in [0.25, 0.3) is 0 Å². The monoisotopic (exact) mass is 366 g/mol. The number of nitrogens with zero attached hydrogens (tertiary/aromatic N) is 2. The number of rotatable bonds is 2. The van der Waals surface area contributed by atoms with E-state index in [0.29, 0.717) is 17.0 Å². The molecule has 142 valence electrons. The molecular weight excluding hydrogens is 340 g/mol. The van der Waals surface area contributed by atoms with E-state index in [1.807, 2.05) is 42.5 Å². The van der Waals surface area contributed by atoms with E-state index in [9.17, 15) is 9.59 Å². The smallest absolute Gasteiger partial charge is 0.265 e. The molecule has 1 heterocycles. The van der Waals surface area contributed by atoms with Crippen molar-refractivity contribution < 1.29 is 14.3 Å². The predicted molar refractivity (Wildman–Crippen MR) is 106 cm³/mol. The number of benzene rings is 2. The van der Waals surface area contributed by atoms with Gasteiger partial charge in [-0.1, -0.05) is 45.0 Å². The molecule has 5 nitrogen and oxygen atoms in total. The SMILES string of the molecule is CN(C)C(=O)[C@H]1CN(C(=O)c2ccc(C(C)(C)C)cc2)c2ccccc2O1. The summed E-state index contributed by atoms with van der Waals surface area (Å²) in [7, 11) is 3.37. The van der Waals surface area contributed by atoms with Gasteiger partial charge >= 0.3 is 0 Å². The number of fused-ring (bicyclic) bond motifs is 1. The average molecular weight is 366 g/mol. The largest absolute Gasteiger partial charge is 0.476 e. The Bertz CT molecular complexity index is 851. The Morgan fingerprint density at radius 1 is 1.04 bits per heavy atom. The fourth-order valence-corrected chi connectivity index (χ4v) is 3.11. The molecule has 0 aromatic heterocycles. The van der Waals surface area contributed by atoms with E-state index in [1.54, 1.807) is 25.1 Å². The molecule has 0 radical (unpaired) electrons. The molecule has 27 heavy (non-hydrogen) atoms. The van der Waals surface area contributed by atoms with Crippen molar-refractivity contribution >= 4 is 17.5 Å². The summed E-state index contributed by atoms with van der Waals surface area (Å²) in [5.74, 6) is 0.247.